The first-order valence-corrected chi connectivity index (χ1v) is 7.95. The van der Waals surface area contributed by atoms with Crippen molar-refractivity contribution in [2.45, 2.75) is 57.2 Å². The number of alkyl halides is 3. The number of rotatable bonds is 2. The number of ketones is 1. The molecule has 1 saturated heterocycles. The van der Waals surface area contributed by atoms with E-state index in [1.807, 2.05) is 0 Å². The monoisotopic (exact) mass is 395 g/mol. The van der Waals surface area contributed by atoms with E-state index in [1.54, 1.807) is 0 Å². The van der Waals surface area contributed by atoms with Crippen LogP contribution in [0.1, 0.15) is 38.9 Å². The first-order chi connectivity index (χ1) is 12.2. The Kier molecular flexibility index (Phi) is 5.51. The van der Waals surface area contributed by atoms with Gasteiger partial charge in [0.2, 0.25) is 6.10 Å². The Balaban J connectivity index is 2.60. The first-order valence-electron chi connectivity index (χ1n) is 7.95. The minimum Gasteiger partial charge on any atom is -0.465 e. The van der Waals surface area contributed by atoms with Gasteiger partial charge in [0.25, 0.3) is 0 Å². The van der Waals surface area contributed by atoms with Gasteiger partial charge >= 0.3 is 12.3 Å². The van der Waals surface area contributed by atoms with Crippen molar-refractivity contribution in [1.29, 1.82) is 0 Å². The third kappa shape index (κ3) is 4.37. The van der Waals surface area contributed by atoms with Crippen LogP contribution in [0.2, 0.25) is 0 Å². The van der Waals surface area contributed by atoms with Crippen LogP contribution in [0, 0.1) is 11.6 Å². The van der Waals surface area contributed by atoms with Crippen molar-refractivity contribution in [2.24, 2.45) is 0 Å². The van der Waals surface area contributed by atoms with E-state index < -0.39 is 65.5 Å². The summed E-state index contributed by atoms with van der Waals surface area (Å²) in [6.07, 6.45) is -12.1. The number of carbonyl (C=O) groups is 2. The van der Waals surface area contributed by atoms with E-state index in [2.05, 4.69) is 0 Å². The second-order valence-corrected chi connectivity index (χ2v) is 7.21. The molecule has 2 rings (SSSR count). The van der Waals surface area contributed by atoms with Gasteiger partial charge in [-0.25, -0.2) is 13.6 Å². The van der Waals surface area contributed by atoms with Gasteiger partial charge < -0.3 is 9.84 Å². The van der Waals surface area contributed by atoms with Crippen molar-refractivity contribution in [3.05, 3.63) is 35.4 Å². The zero-order valence-electron chi connectivity index (χ0n) is 14.7. The van der Waals surface area contributed by atoms with E-state index in [0.29, 0.717) is 12.1 Å². The number of amides is 1. The predicted octanol–water partition coefficient (Wildman–Crippen LogP) is 4.07. The molecule has 0 spiro atoms. The predicted molar refractivity (Wildman–Crippen MR) is 83.1 cm³/mol. The molecule has 0 aliphatic carbocycles. The van der Waals surface area contributed by atoms with Crippen LogP contribution in [-0.4, -0.2) is 45.7 Å². The highest BCUT2D eigenvalue weighted by Crippen LogP contribution is 2.41. The van der Waals surface area contributed by atoms with Crippen LogP contribution < -0.4 is 0 Å². The normalized spacial score (nSPS) is 24.0. The molecule has 1 amide bonds. The topological polar surface area (TPSA) is 66.8 Å². The number of hydrogen-bond acceptors (Lipinski definition) is 3. The van der Waals surface area contributed by atoms with E-state index >= 15 is 0 Å². The minimum absolute atomic E-state index is 0.586. The quantitative estimate of drug-likeness (QED) is 0.767. The van der Waals surface area contributed by atoms with Crippen molar-refractivity contribution in [3.8, 4) is 0 Å². The van der Waals surface area contributed by atoms with Gasteiger partial charge in [0.15, 0.2) is 5.78 Å². The summed E-state index contributed by atoms with van der Waals surface area (Å²) in [5.41, 5.74) is -1.73. The molecule has 1 unspecified atom stereocenters. The van der Waals surface area contributed by atoms with Gasteiger partial charge in [-0.2, -0.15) is 13.2 Å². The van der Waals surface area contributed by atoms with Crippen molar-refractivity contribution in [3.63, 3.8) is 0 Å². The highest BCUT2D eigenvalue weighted by Gasteiger charge is 2.54. The van der Waals surface area contributed by atoms with Crippen molar-refractivity contribution in [2.75, 3.05) is 0 Å². The summed E-state index contributed by atoms with van der Waals surface area (Å²) in [5, 5.41) is 9.53. The Bertz CT molecular complexity index is 744. The SMILES string of the molecule is CC(C)(C)N(C(=O)O)[C@H]1CC(=O)C(C(F)(F)F)O[C@@H]1c1cc(F)ccc1F. The number of nitrogens with zero attached hydrogens (tertiary/aromatic N) is 1. The Morgan fingerprint density at radius 3 is 2.30 bits per heavy atom. The molecule has 27 heavy (non-hydrogen) atoms. The van der Waals surface area contributed by atoms with E-state index in [1.165, 1.54) is 20.8 Å². The van der Waals surface area contributed by atoms with Gasteiger partial charge in [0, 0.05) is 17.5 Å². The molecule has 0 radical (unpaired) electrons. The summed E-state index contributed by atoms with van der Waals surface area (Å²) in [5.74, 6) is -3.39. The van der Waals surface area contributed by atoms with Gasteiger partial charge in [-0.1, -0.05) is 0 Å². The summed E-state index contributed by atoms with van der Waals surface area (Å²) in [6.45, 7) is 4.38. The van der Waals surface area contributed by atoms with Crippen LogP contribution in [-0.2, 0) is 9.53 Å². The number of benzene rings is 1. The molecular weight excluding hydrogens is 377 g/mol. The largest absolute Gasteiger partial charge is 0.465 e. The Morgan fingerprint density at radius 2 is 1.81 bits per heavy atom. The van der Waals surface area contributed by atoms with Crippen LogP contribution >= 0.6 is 0 Å². The minimum atomic E-state index is -5.07. The lowest BCUT2D eigenvalue weighted by atomic mass is 9.88. The molecule has 1 aromatic carbocycles. The molecule has 3 atom stereocenters. The molecule has 1 N–H and O–H groups in total. The van der Waals surface area contributed by atoms with Gasteiger partial charge in [0.05, 0.1) is 6.04 Å². The van der Waals surface area contributed by atoms with Crippen LogP contribution in [0.25, 0.3) is 0 Å². The number of hydrogen-bond donors (Lipinski definition) is 1. The third-order valence-electron chi connectivity index (χ3n) is 4.16. The number of carbonyl (C=O) groups excluding carboxylic acids is 1. The summed E-state index contributed by atoms with van der Waals surface area (Å²) in [6, 6.07) is 0.636. The van der Waals surface area contributed by atoms with E-state index in [4.69, 9.17) is 4.74 Å². The molecule has 1 aliphatic rings. The third-order valence-corrected chi connectivity index (χ3v) is 4.16. The second-order valence-electron chi connectivity index (χ2n) is 7.21. The number of ether oxygens (including phenoxy) is 1. The summed E-state index contributed by atoms with van der Waals surface area (Å²) in [7, 11) is 0. The summed E-state index contributed by atoms with van der Waals surface area (Å²) >= 11 is 0. The first kappa shape index (κ1) is 21.1. The zero-order valence-corrected chi connectivity index (χ0v) is 14.7. The lowest BCUT2D eigenvalue weighted by molar-refractivity contribution is -0.245. The lowest BCUT2D eigenvalue weighted by Crippen LogP contribution is -2.59. The van der Waals surface area contributed by atoms with Crippen molar-refractivity contribution in [1.82, 2.24) is 4.90 Å². The van der Waals surface area contributed by atoms with Gasteiger partial charge in [-0.05, 0) is 39.0 Å². The van der Waals surface area contributed by atoms with Crippen molar-refractivity contribution >= 4 is 11.9 Å². The molecule has 0 aromatic heterocycles. The fourth-order valence-electron chi connectivity index (χ4n) is 3.16. The molecule has 150 valence electrons. The maximum absolute atomic E-state index is 14.2. The van der Waals surface area contributed by atoms with E-state index in [9.17, 15) is 36.6 Å². The molecule has 0 saturated carbocycles. The van der Waals surface area contributed by atoms with Crippen molar-refractivity contribution < 1.29 is 41.4 Å². The molecule has 5 nitrogen and oxygen atoms in total. The molecule has 1 aromatic rings. The highest BCUT2D eigenvalue weighted by atomic mass is 19.4. The van der Waals surface area contributed by atoms with Gasteiger partial charge in [-0.15, -0.1) is 0 Å². The number of halogens is 5. The Hall–Kier alpha value is -2.23. The van der Waals surface area contributed by atoms with Gasteiger partial charge in [0.1, 0.15) is 17.7 Å². The maximum atomic E-state index is 14.2. The van der Waals surface area contributed by atoms with Crippen LogP contribution in [0.4, 0.5) is 26.7 Å². The number of carboxylic acid groups (broad SMARTS) is 1. The van der Waals surface area contributed by atoms with Crippen LogP contribution in [0.3, 0.4) is 0 Å². The highest BCUT2D eigenvalue weighted by molar-refractivity contribution is 5.86. The molecular formula is C17H18F5NO4. The van der Waals surface area contributed by atoms with E-state index in [-0.39, 0.29) is 0 Å². The van der Waals surface area contributed by atoms with E-state index in [0.717, 1.165) is 11.0 Å². The fourth-order valence-corrected chi connectivity index (χ4v) is 3.16. The summed E-state index contributed by atoms with van der Waals surface area (Å²) in [4.78, 5) is 24.5. The lowest BCUT2D eigenvalue weighted by Gasteiger charge is -2.46. The number of Topliss-reactive ketones (excluding diaryl/α,β-unsaturated/α-hetero) is 1. The Morgan fingerprint density at radius 1 is 1.22 bits per heavy atom. The average Bonchev–Trinajstić information content (AvgIpc) is 2.47. The maximum Gasteiger partial charge on any atom is 0.421 e. The molecule has 1 heterocycles. The molecule has 1 aliphatic heterocycles. The van der Waals surface area contributed by atoms with Crippen LogP contribution in [0.15, 0.2) is 18.2 Å². The zero-order chi connectivity index (χ0) is 20.7. The average molecular weight is 395 g/mol. The van der Waals surface area contributed by atoms with Crippen LogP contribution in [0.5, 0.6) is 0 Å². The second kappa shape index (κ2) is 7.06. The fraction of sp³-hybridized carbons (Fsp3) is 0.529. The molecule has 0 bridgehead atoms. The molecule has 10 heteroatoms. The van der Waals surface area contributed by atoms with Gasteiger partial charge in [-0.3, -0.25) is 9.69 Å². The smallest absolute Gasteiger partial charge is 0.421 e. The Labute approximate surface area is 151 Å². The molecule has 1 fully saturated rings. The standard InChI is InChI=1S/C17H18F5NO4/c1-16(2,3)23(15(25)26)11-7-12(24)14(17(20,21)22)27-13(11)9-6-8(18)4-5-10(9)19/h4-6,11,13-14H,7H2,1-3H3,(H,25,26)/t11-,13+,14?/m0/s1. The summed E-state index contributed by atoms with van der Waals surface area (Å²) < 4.78 is 72.1.